The topological polar surface area (TPSA) is 78.9 Å². The first-order chi connectivity index (χ1) is 11.6. The summed E-state index contributed by atoms with van der Waals surface area (Å²) in [6.07, 6.45) is 4.54. The third kappa shape index (κ3) is 2.13. The van der Waals surface area contributed by atoms with Crippen LogP contribution >= 0.6 is 11.3 Å². The molecular formula is C18H15N3O2S. The van der Waals surface area contributed by atoms with Gasteiger partial charge in [0.05, 0.1) is 11.8 Å². The highest BCUT2D eigenvalue weighted by molar-refractivity contribution is 7.16. The Balaban J connectivity index is 1.92. The van der Waals surface area contributed by atoms with Gasteiger partial charge >= 0.3 is 5.97 Å². The van der Waals surface area contributed by atoms with Gasteiger partial charge < -0.3 is 9.67 Å². The van der Waals surface area contributed by atoms with Crippen molar-refractivity contribution < 1.29 is 9.90 Å². The molecule has 0 radical (unpaired) electrons. The predicted octanol–water partition coefficient (Wildman–Crippen LogP) is 4.23. The van der Waals surface area contributed by atoms with Gasteiger partial charge in [-0.15, -0.1) is 11.3 Å². The van der Waals surface area contributed by atoms with Crippen molar-refractivity contribution in [2.24, 2.45) is 0 Å². The molecule has 1 aromatic carbocycles. The number of carboxylic acids is 1. The van der Waals surface area contributed by atoms with Crippen LogP contribution in [-0.2, 0) is 6.42 Å². The van der Waals surface area contributed by atoms with Gasteiger partial charge in [-0.1, -0.05) is 0 Å². The number of rotatable bonds is 2. The monoisotopic (exact) mass is 337 g/mol. The zero-order chi connectivity index (χ0) is 16.8. The summed E-state index contributed by atoms with van der Waals surface area (Å²) in [7, 11) is 0. The van der Waals surface area contributed by atoms with E-state index in [1.807, 2.05) is 18.2 Å². The Kier molecular flexibility index (Phi) is 3.39. The van der Waals surface area contributed by atoms with Gasteiger partial charge in [0.15, 0.2) is 0 Å². The number of benzene rings is 1. The maximum absolute atomic E-state index is 11.1. The van der Waals surface area contributed by atoms with Gasteiger partial charge in [0.25, 0.3) is 0 Å². The SMILES string of the molecule is C[C@@H]1CCCc2c(C#N)c3cc(-c4ncc(C(=O)O)s4)ccc3n21. The van der Waals surface area contributed by atoms with Crippen LogP contribution in [0.15, 0.2) is 24.4 Å². The highest BCUT2D eigenvalue weighted by Crippen LogP contribution is 2.37. The molecule has 0 saturated heterocycles. The molecule has 0 saturated carbocycles. The van der Waals surface area contributed by atoms with E-state index in [1.165, 1.54) is 6.20 Å². The van der Waals surface area contributed by atoms with E-state index in [0.717, 1.165) is 58.3 Å². The summed E-state index contributed by atoms with van der Waals surface area (Å²) in [4.78, 5) is 15.5. The molecule has 2 aromatic heterocycles. The van der Waals surface area contributed by atoms with Crippen LogP contribution in [0.3, 0.4) is 0 Å². The van der Waals surface area contributed by atoms with Gasteiger partial charge in [0, 0.05) is 28.2 Å². The van der Waals surface area contributed by atoms with Gasteiger partial charge in [-0.05, 0) is 44.4 Å². The third-order valence-corrected chi connectivity index (χ3v) is 5.69. The number of carboxylic acid groups (broad SMARTS) is 1. The number of hydrogen-bond acceptors (Lipinski definition) is 4. The first kappa shape index (κ1) is 14.9. The van der Waals surface area contributed by atoms with Crippen molar-refractivity contribution in [3.8, 4) is 16.6 Å². The number of hydrogen-bond donors (Lipinski definition) is 1. The van der Waals surface area contributed by atoms with Gasteiger partial charge in [0.2, 0.25) is 0 Å². The summed E-state index contributed by atoms with van der Waals surface area (Å²) >= 11 is 1.15. The molecule has 120 valence electrons. The number of carbonyl (C=O) groups is 1. The molecule has 3 heterocycles. The Hall–Kier alpha value is -2.65. The second kappa shape index (κ2) is 5.46. The van der Waals surface area contributed by atoms with Crippen LogP contribution in [0.5, 0.6) is 0 Å². The lowest BCUT2D eigenvalue weighted by Gasteiger charge is -2.23. The van der Waals surface area contributed by atoms with E-state index in [9.17, 15) is 10.1 Å². The minimum absolute atomic E-state index is 0.218. The van der Waals surface area contributed by atoms with Crippen molar-refractivity contribution in [1.82, 2.24) is 9.55 Å². The number of aromatic carboxylic acids is 1. The highest BCUT2D eigenvalue weighted by Gasteiger charge is 2.24. The average Bonchev–Trinajstić information content (AvgIpc) is 3.17. The fourth-order valence-corrected chi connectivity index (χ4v) is 4.33. The lowest BCUT2D eigenvalue weighted by molar-refractivity contribution is 0.0702. The number of fused-ring (bicyclic) bond motifs is 3. The lowest BCUT2D eigenvalue weighted by atomic mass is 10.0. The zero-order valence-electron chi connectivity index (χ0n) is 13.1. The Bertz CT molecular complexity index is 1010. The normalized spacial score (nSPS) is 16.8. The molecule has 5 nitrogen and oxygen atoms in total. The van der Waals surface area contributed by atoms with Crippen LogP contribution < -0.4 is 0 Å². The second-order valence-corrected chi connectivity index (χ2v) is 7.14. The smallest absolute Gasteiger partial charge is 0.347 e. The average molecular weight is 337 g/mol. The van der Waals surface area contributed by atoms with E-state index in [0.29, 0.717) is 11.0 Å². The Morgan fingerprint density at radius 3 is 3.04 bits per heavy atom. The first-order valence-corrected chi connectivity index (χ1v) is 8.68. The Labute approximate surface area is 142 Å². The Morgan fingerprint density at radius 2 is 2.33 bits per heavy atom. The van der Waals surface area contributed by atoms with Crippen LogP contribution in [0.4, 0.5) is 0 Å². The van der Waals surface area contributed by atoms with Crippen molar-refractivity contribution in [3.05, 3.63) is 40.5 Å². The lowest BCUT2D eigenvalue weighted by Crippen LogP contribution is -2.14. The molecular weight excluding hydrogens is 322 g/mol. The van der Waals surface area contributed by atoms with Crippen molar-refractivity contribution in [2.45, 2.75) is 32.2 Å². The van der Waals surface area contributed by atoms with E-state index in [1.54, 1.807) is 0 Å². The maximum Gasteiger partial charge on any atom is 0.347 e. The minimum Gasteiger partial charge on any atom is -0.477 e. The van der Waals surface area contributed by atoms with Crippen molar-refractivity contribution >= 4 is 28.2 Å². The number of nitrogens with zero attached hydrogens (tertiary/aromatic N) is 3. The summed E-state index contributed by atoms with van der Waals surface area (Å²) in [5, 5.41) is 20.3. The molecule has 0 spiro atoms. The highest BCUT2D eigenvalue weighted by atomic mass is 32.1. The van der Waals surface area contributed by atoms with E-state index < -0.39 is 5.97 Å². The summed E-state index contributed by atoms with van der Waals surface area (Å²) in [6, 6.07) is 8.72. The molecule has 0 bridgehead atoms. The quantitative estimate of drug-likeness (QED) is 0.759. The number of thiazole rings is 1. The fourth-order valence-electron chi connectivity index (χ4n) is 3.57. The van der Waals surface area contributed by atoms with Crippen molar-refractivity contribution in [2.75, 3.05) is 0 Å². The summed E-state index contributed by atoms with van der Waals surface area (Å²) in [5.41, 5.74) is 3.79. The number of aromatic nitrogens is 2. The maximum atomic E-state index is 11.1. The van der Waals surface area contributed by atoms with E-state index in [-0.39, 0.29) is 4.88 Å². The molecule has 4 rings (SSSR count). The van der Waals surface area contributed by atoms with Crippen LogP contribution in [-0.4, -0.2) is 20.6 Å². The summed E-state index contributed by atoms with van der Waals surface area (Å²) in [5.74, 6) is -0.967. The van der Waals surface area contributed by atoms with Crippen molar-refractivity contribution in [3.63, 3.8) is 0 Å². The minimum atomic E-state index is -0.967. The van der Waals surface area contributed by atoms with Gasteiger partial charge in [0.1, 0.15) is 16.0 Å². The molecule has 6 heteroatoms. The van der Waals surface area contributed by atoms with Crippen molar-refractivity contribution in [1.29, 1.82) is 5.26 Å². The van der Waals surface area contributed by atoms with Gasteiger partial charge in [-0.25, -0.2) is 9.78 Å². The standard InChI is InChI=1S/C18H15N3O2S/c1-10-3-2-4-14-13(8-19)12-7-11(5-6-15(12)21(10)14)17-20-9-16(24-17)18(22)23/h5-7,9-10H,2-4H2,1H3,(H,22,23)/t10-/m1/s1. The zero-order valence-corrected chi connectivity index (χ0v) is 13.9. The van der Waals surface area contributed by atoms with E-state index in [4.69, 9.17) is 5.11 Å². The fraction of sp³-hybridized carbons (Fsp3) is 0.278. The van der Waals surface area contributed by atoms with Crippen LogP contribution in [0.2, 0.25) is 0 Å². The summed E-state index contributed by atoms with van der Waals surface area (Å²) in [6.45, 7) is 2.19. The molecule has 1 aliphatic rings. The van der Waals surface area contributed by atoms with Crippen LogP contribution in [0.25, 0.3) is 21.5 Å². The molecule has 0 aliphatic carbocycles. The van der Waals surface area contributed by atoms with Gasteiger partial charge in [-0.3, -0.25) is 0 Å². The molecule has 1 aliphatic heterocycles. The summed E-state index contributed by atoms with van der Waals surface area (Å²) < 4.78 is 2.28. The third-order valence-electron chi connectivity index (χ3n) is 4.66. The van der Waals surface area contributed by atoms with Crippen LogP contribution in [0, 0.1) is 11.3 Å². The number of nitriles is 1. The molecule has 0 fully saturated rings. The second-order valence-electron chi connectivity index (χ2n) is 6.11. The molecule has 0 unspecified atom stereocenters. The van der Waals surface area contributed by atoms with E-state index in [2.05, 4.69) is 22.5 Å². The molecule has 1 N–H and O–H groups in total. The largest absolute Gasteiger partial charge is 0.477 e. The molecule has 3 aromatic rings. The molecule has 0 amide bonds. The van der Waals surface area contributed by atoms with E-state index >= 15 is 0 Å². The molecule has 1 atom stereocenters. The Morgan fingerprint density at radius 1 is 1.50 bits per heavy atom. The predicted molar refractivity (Wildman–Crippen MR) is 92.4 cm³/mol. The van der Waals surface area contributed by atoms with Crippen LogP contribution in [0.1, 0.15) is 46.7 Å². The molecule has 24 heavy (non-hydrogen) atoms. The van der Waals surface area contributed by atoms with Gasteiger partial charge in [-0.2, -0.15) is 5.26 Å². The first-order valence-electron chi connectivity index (χ1n) is 7.86.